The van der Waals surface area contributed by atoms with Gasteiger partial charge in [0.15, 0.2) is 4.77 Å². The smallest absolute Gasteiger partial charge is 0.269 e. The van der Waals surface area contributed by atoms with E-state index in [4.69, 9.17) is 12.2 Å². The summed E-state index contributed by atoms with van der Waals surface area (Å²) in [5, 5.41) is 15.1. The second-order valence-electron chi connectivity index (χ2n) is 4.97. The lowest BCUT2D eigenvalue weighted by atomic mass is 10.2. The first-order valence-electron chi connectivity index (χ1n) is 6.41. The normalized spacial score (nSPS) is 11.0. The maximum absolute atomic E-state index is 10.8. The minimum atomic E-state index is -0.387. The van der Waals surface area contributed by atoms with Gasteiger partial charge >= 0.3 is 0 Å². The van der Waals surface area contributed by atoms with E-state index in [0.717, 1.165) is 11.4 Å². The van der Waals surface area contributed by atoms with Crippen molar-refractivity contribution in [1.82, 2.24) is 19.2 Å². The lowest BCUT2D eigenvalue weighted by Crippen LogP contribution is -2.22. The molecule has 0 spiro atoms. The molecule has 0 atom stereocenters. The summed E-state index contributed by atoms with van der Waals surface area (Å²) in [5.74, 6) is 0.851. The van der Waals surface area contributed by atoms with Gasteiger partial charge in [0.25, 0.3) is 5.69 Å². The topological polar surface area (TPSA) is 69.1 Å². The Morgan fingerprint density at radius 1 is 1.48 bits per heavy atom. The van der Waals surface area contributed by atoms with Gasteiger partial charge in [-0.3, -0.25) is 15.0 Å². The van der Waals surface area contributed by atoms with Crippen LogP contribution in [0.15, 0.2) is 24.3 Å². The van der Waals surface area contributed by atoms with Crippen molar-refractivity contribution < 1.29 is 4.92 Å². The van der Waals surface area contributed by atoms with Crippen molar-refractivity contribution in [1.29, 1.82) is 0 Å². The molecular weight excluding hydrogens is 290 g/mol. The zero-order valence-corrected chi connectivity index (χ0v) is 13.0. The molecule has 21 heavy (non-hydrogen) atoms. The summed E-state index contributed by atoms with van der Waals surface area (Å²) in [4.78, 5) is 12.4. The molecule has 7 nitrogen and oxygen atoms in total. The van der Waals surface area contributed by atoms with Crippen molar-refractivity contribution in [2.45, 2.75) is 20.1 Å². The highest BCUT2D eigenvalue weighted by Crippen LogP contribution is 2.14. The van der Waals surface area contributed by atoms with E-state index in [1.165, 1.54) is 6.07 Å². The molecular formula is C13H17N5O2S. The van der Waals surface area contributed by atoms with Gasteiger partial charge in [-0.2, -0.15) is 5.10 Å². The van der Waals surface area contributed by atoms with E-state index in [-0.39, 0.29) is 10.6 Å². The van der Waals surface area contributed by atoms with Crippen LogP contribution in [0.2, 0.25) is 0 Å². The number of nitrogens with zero attached hydrogens (tertiary/aromatic N) is 5. The third kappa shape index (κ3) is 3.53. The standard InChI is InChI=1S/C13H17N5O2S/c1-10-14-17(13(21)16(10)3)9-15(2)8-11-5-4-6-12(7-11)18(19)20/h4-7H,8-9H2,1-3H3. The first-order valence-corrected chi connectivity index (χ1v) is 6.81. The molecule has 0 fully saturated rings. The summed E-state index contributed by atoms with van der Waals surface area (Å²) < 4.78 is 4.23. The summed E-state index contributed by atoms with van der Waals surface area (Å²) in [6, 6.07) is 6.63. The van der Waals surface area contributed by atoms with Gasteiger partial charge in [-0.25, -0.2) is 4.68 Å². The number of benzene rings is 1. The van der Waals surface area contributed by atoms with E-state index in [9.17, 15) is 10.1 Å². The number of nitro groups is 1. The minimum absolute atomic E-state index is 0.103. The van der Waals surface area contributed by atoms with Gasteiger partial charge in [0, 0.05) is 25.7 Å². The Morgan fingerprint density at radius 3 is 2.76 bits per heavy atom. The van der Waals surface area contributed by atoms with Gasteiger partial charge in [-0.1, -0.05) is 12.1 Å². The van der Waals surface area contributed by atoms with E-state index < -0.39 is 0 Å². The summed E-state index contributed by atoms with van der Waals surface area (Å²) in [6.07, 6.45) is 0. The van der Waals surface area contributed by atoms with Gasteiger partial charge in [0.05, 0.1) is 11.6 Å². The molecule has 112 valence electrons. The van der Waals surface area contributed by atoms with Gasteiger partial charge in [-0.15, -0.1) is 0 Å². The number of rotatable bonds is 5. The predicted molar refractivity (Wildman–Crippen MR) is 81.3 cm³/mol. The molecule has 0 aliphatic rings. The Morgan fingerprint density at radius 2 is 2.19 bits per heavy atom. The molecule has 0 radical (unpaired) electrons. The Balaban J connectivity index is 2.09. The van der Waals surface area contributed by atoms with Gasteiger partial charge in [0.1, 0.15) is 5.82 Å². The van der Waals surface area contributed by atoms with Crippen LogP contribution < -0.4 is 0 Å². The van der Waals surface area contributed by atoms with E-state index >= 15 is 0 Å². The van der Waals surface area contributed by atoms with Crippen molar-refractivity contribution in [3.8, 4) is 0 Å². The van der Waals surface area contributed by atoms with E-state index in [1.54, 1.807) is 16.8 Å². The average molecular weight is 307 g/mol. The number of hydrogen-bond donors (Lipinski definition) is 0. The Kier molecular flexibility index (Phi) is 4.49. The minimum Gasteiger partial charge on any atom is -0.307 e. The highest BCUT2D eigenvalue weighted by Gasteiger charge is 2.09. The van der Waals surface area contributed by atoms with Crippen molar-refractivity contribution in [3.63, 3.8) is 0 Å². The fourth-order valence-electron chi connectivity index (χ4n) is 2.05. The molecule has 0 aliphatic carbocycles. The van der Waals surface area contributed by atoms with Crippen LogP contribution in [0.1, 0.15) is 11.4 Å². The molecule has 0 N–H and O–H groups in total. The van der Waals surface area contributed by atoms with Crippen molar-refractivity contribution >= 4 is 17.9 Å². The number of nitro benzene ring substituents is 1. The summed E-state index contributed by atoms with van der Waals surface area (Å²) in [7, 11) is 3.80. The predicted octanol–water partition coefficient (Wildman–Crippen LogP) is 2.26. The maximum atomic E-state index is 10.8. The monoisotopic (exact) mass is 307 g/mol. The molecule has 0 unspecified atom stereocenters. The number of hydrogen-bond acceptors (Lipinski definition) is 5. The fraction of sp³-hybridized carbons (Fsp3) is 0.385. The lowest BCUT2D eigenvalue weighted by Gasteiger charge is -2.16. The molecule has 1 heterocycles. The van der Waals surface area contributed by atoms with Crippen LogP contribution >= 0.6 is 12.2 Å². The zero-order chi connectivity index (χ0) is 15.6. The molecule has 0 amide bonds. The zero-order valence-electron chi connectivity index (χ0n) is 12.2. The second kappa shape index (κ2) is 6.15. The number of aryl methyl sites for hydroxylation is 1. The van der Waals surface area contributed by atoms with Crippen LogP contribution in [-0.2, 0) is 20.3 Å². The molecule has 0 saturated heterocycles. The van der Waals surface area contributed by atoms with Gasteiger partial charge in [-0.05, 0) is 31.8 Å². The van der Waals surface area contributed by atoms with Crippen LogP contribution in [0.4, 0.5) is 5.69 Å². The van der Waals surface area contributed by atoms with Crippen LogP contribution in [-0.4, -0.2) is 31.2 Å². The number of non-ortho nitro benzene ring substituents is 1. The molecule has 1 aromatic heterocycles. The molecule has 2 aromatic rings. The Hall–Kier alpha value is -2.06. The van der Waals surface area contributed by atoms with Gasteiger partial charge in [0.2, 0.25) is 0 Å². The largest absolute Gasteiger partial charge is 0.307 e. The van der Waals surface area contributed by atoms with Crippen molar-refractivity contribution in [2.75, 3.05) is 7.05 Å². The molecule has 0 bridgehead atoms. The van der Waals surface area contributed by atoms with Crippen LogP contribution in [0.3, 0.4) is 0 Å². The molecule has 1 aromatic carbocycles. The molecule has 2 rings (SSSR count). The van der Waals surface area contributed by atoms with E-state index in [0.29, 0.717) is 18.0 Å². The van der Waals surface area contributed by atoms with E-state index in [2.05, 4.69) is 5.10 Å². The average Bonchev–Trinajstić information content (AvgIpc) is 2.66. The van der Waals surface area contributed by atoms with Gasteiger partial charge < -0.3 is 4.57 Å². The van der Waals surface area contributed by atoms with Crippen molar-refractivity contribution in [2.24, 2.45) is 7.05 Å². The Bertz CT molecular complexity index is 722. The quantitative estimate of drug-likeness (QED) is 0.481. The van der Waals surface area contributed by atoms with Crippen molar-refractivity contribution in [3.05, 3.63) is 50.5 Å². The maximum Gasteiger partial charge on any atom is 0.269 e. The second-order valence-corrected chi connectivity index (χ2v) is 5.34. The lowest BCUT2D eigenvalue weighted by molar-refractivity contribution is -0.384. The summed E-state index contributed by atoms with van der Waals surface area (Å²) in [6.45, 7) is 3.01. The van der Waals surface area contributed by atoms with Crippen LogP contribution in [0, 0.1) is 21.8 Å². The molecule has 0 aliphatic heterocycles. The third-order valence-electron chi connectivity index (χ3n) is 3.21. The first kappa shape index (κ1) is 15.3. The fourth-order valence-corrected chi connectivity index (χ4v) is 2.28. The van der Waals surface area contributed by atoms with Crippen LogP contribution in [0.25, 0.3) is 0 Å². The molecule has 8 heteroatoms. The van der Waals surface area contributed by atoms with E-state index in [1.807, 2.05) is 36.6 Å². The molecule has 0 saturated carbocycles. The third-order valence-corrected chi connectivity index (χ3v) is 3.69. The Labute approximate surface area is 127 Å². The summed E-state index contributed by atoms with van der Waals surface area (Å²) in [5.41, 5.74) is 0.983. The highest BCUT2D eigenvalue weighted by atomic mass is 32.1. The number of aromatic nitrogens is 3. The highest BCUT2D eigenvalue weighted by molar-refractivity contribution is 7.71. The summed E-state index contributed by atoms with van der Waals surface area (Å²) >= 11 is 5.30. The SMILES string of the molecule is Cc1nn(CN(C)Cc2cccc([N+](=O)[O-])c2)c(=S)n1C. The first-order chi connectivity index (χ1) is 9.88. The van der Waals surface area contributed by atoms with Crippen LogP contribution in [0.5, 0.6) is 0 Å².